The number of hydrogen-bond donors (Lipinski definition) is 1. The highest BCUT2D eigenvalue weighted by atomic mass is 32.1. The molecule has 0 radical (unpaired) electrons. The van der Waals surface area contributed by atoms with Crippen LogP contribution in [0.25, 0.3) is 0 Å². The maximum Gasteiger partial charge on any atom is 0.308 e. The molecule has 1 aromatic carbocycles. The number of rotatable bonds is 5. The van der Waals surface area contributed by atoms with Gasteiger partial charge < -0.3 is 10.0 Å². The lowest BCUT2D eigenvalue weighted by Gasteiger charge is -2.22. The van der Waals surface area contributed by atoms with Crippen LogP contribution < -0.4 is 0 Å². The Labute approximate surface area is 145 Å². The van der Waals surface area contributed by atoms with Crippen molar-refractivity contribution in [2.45, 2.75) is 32.2 Å². The first-order chi connectivity index (χ1) is 11.5. The van der Waals surface area contributed by atoms with Crippen LogP contribution in [-0.2, 0) is 22.4 Å². The molecule has 1 saturated heterocycles. The highest BCUT2D eigenvalue weighted by Crippen LogP contribution is 2.25. The van der Waals surface area contributed by atoms with Crippen molar-refractivity contribution < 1.29 is 14.7 Å². The zero-order valence-electron chi connectivity index (χ0n) is 13.5. The van der Waals surface area contributed by atoms with Gasteiger partial charge in [0.1, 0.15) is 0 Å². The maximum atomic E-state index is 12.5. The van der Waals surface area contributed by atoms with Crippen molar-refractivity contribution in [3.8, 4) is 0 Å². The Hall–Kier alpha value is -2.21. The summed E-state index contributed by atoms with van der Waals surface area (Å²) in [5.41, 5.74) is 1.96. The SMILES string of the molecule is CC1C(C(=O)O)CCN1C(=O)Cc1csc(Cc2ccccc2)n1. The van der Waals surface area contributed by atoms with Crippen molar-refractivity contribution in [1.29, 1.82) is 0 Å². The number of thiazole rings is 1. The Morgan fingerprint density at radius 2 is 2.08 bits per heavy atom. The van der Waals surface area contributed by atoms with Crippen molar-refractivity contribution >= 4 is 23.2 Å². The van der Waals surface area contributed by atoms with Gasteiger partial charge in [0, 0.05) is 24.4 Å². The standard InChI is InChI=1S/C18H20N2O3S/c1-12-15(18(22)23)7-8-20(12)17(21)10-14-11-24-16(19-14)9-13-5-3-2-4-6-13/h2-6,11-12,15H,7-10H2,1H3,(H,22,23). The minimum atomic E-state index is -0.823. The van der Waals surface area contributed by atoms with Gasteiger partial charge in [0.25, 0.3) is 0 Å². The fourth-order valence-corrected chi connectivity index (χ4v) is 3.99. The van der Waals surface area contributed by atoms with Gasteiger partial charge in [0.15, 0.2) is 0 Å². The number of hydrogen-bond acceptors (Lipinski definition) is 4. The van der Waals surface area contributed by atoms with E-state index < -0.39 is 11.9 Å². The van der Waals surface area contributed by atoms with Crippen LogP contribution in [-0.4, -0.2) is 39.5 Å². The number of carbonyl (C=O) groups excluding carboxylic acids is 1. The second-order valence-electron chi connectivity index (χ2n) is 6.13. The number of likely N-dealkylation sites (tertiary alicyclic amines) is 1. The molecule has 5 nitrogen and oxygen atoms in total. The predicted molar refractivity (Wildman–Crippen MR) is 92.0 cm³/mol. The van der Waals surface area contributed by atoms with E-state index in [0.29, 0.717) is 13.0 Å². The summed E-state index contributed by atoms with van der Waals surface area (Å²) in [6, 6.07) is 9.85. The van der Waals surface area contributed by atoms with Crippen molar-refractivity contribution in [3.63, 3.8) is 0 Å². The highest BCUT2D eigenvalue weighted by molar-refractivity contribution is 7.09. The van der Waals surface area contributed by atoms with E-state index >= 15 is 0 Å². The number of aromatic nitrogens is 1. The third-order valence-electron chi connectivity index (χ3n) is 4.52. The second kappa shape index (κ2) is 7.13. The Morgan fingerprint density at radius 3 is 2.75 bits per heavy atom. The molecule has 1 aromatic heterocycles. The molecule has 0 saturated carbocycles. The van der Waals surface area contributed by atoms with Crippen molar-refractivity contribution in [1.82, 2.24) is 9.88 Å². The number of benzene rings is 1. The summed E-state index contributed by atoms with van der Waals surface area (Å²) >= 11 is 1.56. The van der Waals surface area contributed by atoms with Crippen LogP contribution >= 0.6 is 11.3 Å². The monoisotopic (exact) mass is 344 g/mol. The highest BCUT2D eigenvalue weighted by Gasteiger charge is 2.37. The minimum Gasteiger partial charge on any atom is -0.481 e. The molecule has 1 amide bonds. The molecule has 0 aliphatic carbocycles. The lowest BCUT2D eigenvalue weighted by Crippen LogP contribution is -2.38. The fourth-order valence-electron chi connectivity index (χ4n) is 3.16. The molecule has 0 spiro atoms. The van der Waals surface area contributed by atoms with Gasteiger partial charge in [-0.15, -0.1) is 11.3 Å². The summed E-state index contributed by atoms with van der Waals surface area (Å²) in [4.78, 5) is 29.9. The quantitative estimate of drug-likeness (QED) is 0.905. The van der Waals surface area contributed by atoms with Gasteiger partial charge in [0.2, 0.25) is 5.91 Å². The van der Waals surface area contributed by atoms with E-state index in [1.807, 2.05) is 30.5 Å². The number of nitrogens with zero attached hydrogens (tertiary/aromatic N) is 2. The molecule has 126 valence electrons. The van der Waals surface area contributed by atoms with Gasteiger partial charge in [-0.2, -0.15) is 0 Å². The molecule has 2 unspecified atom stereocenters. The third kappa shape index (κ3) is 3.64. The van der Waals surface area contributed by atoms with Crippen LogP contribution in [0.15, 0.2) is 35.7 Å². The van der Waals surface area contributed by atoms with Gasteiger partial charge >= 0.3 is 5.97 Å². The third-order valence-corrected chi connectivity index (χ3v) is 5.42. The average Bonchev–Trinajstić information content (AvgIpc) is 3.15. The first-order valence-corrected chi connectivity index (χ1v) is 8.92. The van der Waals surface area contributed by atoms with E-state index in [1.54, 1.807) is 16.2 Å². The maximum absolute atomic E-state index is 12.5. The van der Waals surface area contributed by atoms with Crippen LogP contribution in [0.3, 0.4) is 0 Å². The number of amides is 1. The van der Waals surface area contributed by atoms with Gasteiger partial charge in [0.05, 0.1) is 23.0 Å². The van der Waals surface area contributed by atoms with E-state index in [2.05, 4.69) is 17.1 Å². The Morgan fingerprint density at radius 1 is 1.33 bits per heavy atom. The second-order valence-corrected chi connectivity index (χ2v) is 7.08. The van der Waals surface area contributed by atoms with E-state index in [9.17, 15) is 9.59 Å². The number of carboxylic acid groups (broad SMARTS) is 1. The molecule has 1 aliphatic heterocycles. The Balaban J connectivity index is 1.60. The van der Waals surface area contributed by atoms with Crippen LogP contribution in [0.4, 0.5) is 0 Å². The van der Waals surface area contributed by atoms with E-state index in [1.165, 1.54) is 5.56 Å². The lowest BCUT2D eigenvalue weighted by molar-refractivity contribution is -0.143. The molecule has 6 heteroatoms. The van der Waals surface area contributed by atoms with Crippen LogP contribution in [0.5, 0.6) is 0 Å². The van der Waals surface area contributed by atoms with Crippen LogP contribution in [0.1, 0.15) is 29.6 Å². The molecule has 2 heterocycles. The molecule has 1 N–H and O–H groups in total. The molecule has 2 aromatic rings. The van der Waals surface area contributed by atoms with Gasteiger partial charge in [-0.1, -0.05) is 30.3 Å². The van der Waals surface area contributed by atoms with Gasteiger partial charge in [-0.3, -0.25) is 9.59 Å². The van der Waals surface area contributed by atoms with Gasteiger partial charge in [-0.25, -0.2) is 4.98 Å². The number of aliphatic carboxylic acids is 1. The van der Waals surface area contributed by atoms with E-state index in [0.717, 1.165) is 17.1 Å². The summed E-state index contributed by atoms with van der Waals surface area (Å²) in [5, 5.41) is 12.1. The normalized spacial score (nSPS) is 20.3. The van der Waals surface area contributed by atoms with Crippen molar-refractivity contribution in [2.24, 2.45) is 5.92 Å². The zero-order valence-corrected chi connectivity index (χ0v) is 14.3. The Kier molecular flexibility index (Phi) is 4.94. The van der Waals surface area contributed by atoms with Crippen LogP contribution in [0.2, 0.25) is 0 Å². The smallest absolute Gasteiger partial charge is 0.308 e. The first kappa shape index (κ1) is 16.6. The summed E-state index contributed by atoms with van der Waals surface area (Å²) in [5.74, 6) is -1.32. The van der Waals surface area contributed by atoms with E-state index in [4.69, 9.17) is 5.11 Å². The molecule has 1 aliphatic rings. The molecular weight excluding hydrogens is 324 g/mol. The molecule has 1 fully saturated rings. The molecule has 3 rings (SSSR count). The molecule has 2 atom stereocenters. The number of carbonyl (C=O) groups is 2. The molecular formula is C18H20N2O3S. The first-order valence-electron chi connectivity index (χ1n) is 8.04. The number of carboxylic acids is 1. The summed E-state index contributed by atoms with van der Waals surface area (Å²) < 4.78 is 0. The largest absolute Gasteiger partial charge is 0.481 e. The van der Waals surface area contributed by atoms with Gasteiger partial charge in [-0.05, 0) is 18.9 Å². The lowest BCUT2D eigenvalue weighted by atomic mass is 10.0. The topological polar surface area (TPSA) is 70.5 Å². The average molecular weight is 344 g/mol. The summed E-state index contributed by atoms with van der Waals surface area (Å²) in [7, 11) is 0. The van der Waals surface area contributed by atoms with Crippen molar-refractivity contribution in [3.05, 3.63) is 52.0 Å². The summed E-state index contributed by atoms with van der Waals surface area (Å²) in [6.45, 7) is 2.32. The Bertz CT molecular complexity index is 729. The summed E-state index contributed by atoms with van der Waals surface area (Å²) in [6.07, 6.45) is 1.53. The zero-order chi connectivity index (χ0) is 17.1. The van der Waals surface area contributed by atoms with E-state index in [-0.39, 0.29) is 18.4 Å². The molecule has 0 bridgehead atoms. The van der Waals surface area contributed by atoms with Crippen LogP contribution in [0, 0.1) is 5.92 Å². The fraction of sp³-hybridized carbons (Fsp3) is 0.389. The predicted octanol–water partition coefficient (Wildman–Crippen LogP) is 2.60. The minimum absolute atomic E-state index is 0.0391. The van der Waals surface area contributed by atoms with Crippen molar-refractivity contribution in [2.75, 3.05) is 6.54 Å². The molecule has 24 heavy (non-hydrogen) atoms.